The second-order valence-electron chi connectivity index (χ2n) is 3.95. The van der Waals surface area contributed by atoms with Gasteiger partial charge in [-0.2, -0.15) is 0 Å². The molecule has 64 valence electrons. The molecule has 0 N–H and O–H groups in total. The number of hydrogen-bond acceptors (Lipinski definition) is 2. The molecule has 0 amide bonds. The molecule has 1 aliphatic carbocycles. The van der Waals surface area contributed by atoms with Crippen molar-refractivity contribution in [2.24, 2.45) is 11.3 Å². The maximum absolute atomic E-state index is 11.3. The topological polar surface area (TPSA) is 34.1 Å². The van der Waals surface area contributed by atoms with Gasteiger partial charge in [0, 0.05) is 16.7 Å². The lowest BCUT2D eigenvalue weighted by atomic mass is 10.1. The molecule has 2 fully saturated rings. The van der Waals surface area contributed by atoms with E-state index in [9.17, 15) is 8.42 Å². The highest BCUT2D eigenvalue weighted by Gasteiger charge is 2.71. The van der Waals surface area contributed by atoms with Crippen LogP contribution in [-0.2, 0) is 9.84 Å². The molecule has 1 saturated heterocycles. The fraction of sp³-hybridized carbons (Fsp3) is 1.00. The molecule has 11 heavy (non-hydrogen) atoms. The van der Waals surface area contributed by atoms with Crippen LogP contribution in [0.25, 0.3) is 0 Å². The summed E-state index contributed by atoms with van der Waals surface area (Å²) in [4.78, 5) is 0. The van der Waals surface area contributed by atoms with E-state index in [1.807, 2.05) is 6.92 Å². The zero-order chi connectivity index (χ0) is 8.44. The molecular weight excluding hydrogens is 184 g/mol. The van der Waals surface area contributed by atoms with Crippen molar-refractivity contribution in [2.45, 2.75) is 24.5 Å². The Hall–Kier alpha value is 0.240. The average molecular weight is 195 g/mol. The minimum Gasteiger partial charge on any atom is -0.229 e. The van der Waals surface area contributed by atoms with Crippen LogP contribution in [0.1, 0.15) is 13.8 Å². The molecule has 0 aromatic carbocycles. The van der Waals surface area contributed by atoms with Crippen molar-refractivity contribution in [1.82, 2.24) is 0 Å². The highest BCUT2D eigenvalue weighted by molar-refractivity contribution is 7.92. The third-order valence-corrected chi connectivity index (χ3v) is 6.40. The molecule has 4 heteroatoms. The van der Waals surface area contributed by atoms with E-state index in [1.165, 1.54) is 0 Å². The van der Waals surface area contributed by atoms with Gasteiger partial charge >= 0.3 is 0 Å². The molecule has 1 aliphatic heterocycles. The molecular formula is C7H11ClO2S. The van der Waals surface area contributed by atoms with Gasteiger partial charge in [-0.05, 0) is 6.92 Å². The monoisotopic (exact) mass is 194 g/mol. The number of sulfone groups is 1. The summed E-state index contributed by atoms with van der Waals surface area (Å²) >= 11 is 5.95. The number of rotatable bonds is 0. The van der Waals surface area contributed by atoms with Gasteiger partial charge in [-0.15, -0.1) is 11.6 Å². The minimum atomic E-state index is -2.80. The molecule has 4 atom stereocenters. The zero-order valence-corrected chi connectivity index (χ0v) is 8.11. The summed E-state index contributed by atoms with van der Waals surface area (Å²) in [5.41, 5.74) is -0.0974. The van der Waals surface area contributed by atoms with Gasteiger partial charge in [-0.25, -0.2) is 8.42 Å². The van der Waals surface area contributed by atoms with Crippen molar-refractivity contribution in [3.8, 4) is 0 Å². The smallest absolute Gasteiger partial charge is 0.153 e. The molecule has 0 bridgehead atoms. The van der Waals surface area contributed by atoms with Crippen molar-refractivity contribution >= 4 is 21.4 Å². The quantitative estimate of drug-likeness (QED) is 0.541. The van der Waals surface area contributed by atoms with Gasteiger partial charge in [0.05, 0.1) is 11.0 Å². The minimum absolute atomic E-state index is 0.0974. The first-order valence-electron chi connectivity index (χ1n) is 3.75. The predicted molar refractivity (Wildman–Crippen MR) is 44.5 cm³/mol. The lowest BCUT2D eigenvalue weighted by Gasteiger charge is -2.06. The van der Waals surface area contributed by atoms with E-state index in [2.05, 4.69) is 0 Å². The molecule has 0 radical (unpaired) electrons. The van der Waals surface area contributed by atoms with Gasteiger partial charge in [0.15, 0.2) is 9.84 Å². The first kappa shape index (κ1) is 7.87. The van der Waals surface area contributed by atoms with Crippen LogP contribution < -0.4 is 0 Å². The van der Waals surface area contributed by atoms with Crippen molar-refractivity contribution in [3.63, 3.8) is 0 Å². The standard InChI is InChI=1S/C7H11ClO2S/c1-4-5-6(8)7(5,2)3-11(4,9)10/h4-6H,3H2,1-2H3/t4-,5+,6-,7+/m1/s1. The second kappa shape index (κ2) is 1.77. The van der Waals surface area contributed by atoms with Crippen molar-refractivity contribution in [3.05, 3.63) is 0 Å². The van der Waals surface area contributed by atoms with Crippen LogP contribution >= 0.6 is 11.6 Å². The van der Waals surface area contributed by atoms with E-state index >= 15 is 0 Å². The molecule has 0 aromatic heterocycles. The molecule has 1 heterocycles. The van der Waals surface area contributed by atoms with E-state index in [4.69, 9.17) is 11.6 Å². The number of alkyl halides is 1. The Morgan fingerprint density at radius 1 is 1.55 bits per heavy atom. The molecule has 0 unspecified atom stereocenters. The third kappa shape index (κ3) is 0.760. The Bertz CT molecular complexity index is 298. The molecule has 0 spiro atoms. The van der Waals surface area contributed by atoms with Crippen LogP contribution in [0.15, 0.2) is 0 Å². The van der Waals surface area contributed by atoms with E-state index in [0.29, 0.717) is 5.75 Å². The van der Waals surface area contributed by atoms with Crippen LogP contribution in [0.4, 0.5) is 0 Å². The fourth-order valence-corrected chi connectivity index (χ4v) is 5.53. The SMILES string of the molecule is C[C@@H]1[C@H]2[C@@H](Cl)[C@@]2(C)CS1(=O)=O. The third-order valence-electron chi connectivity index (χ3n) is 3.18. The summed E-state index contributed by atoms with van der Waals surface area (Å²) in [6.07, 6.45) is 0. The first-order chi connectivity index (χ1) is 4.89. The summed E-state index contributed by atoms with van der Waals surface area (Å²) in [6, 6.07) is 0. The van der Waals surface area contributed by atoms with E-state index in [1.54, 1.807) is 6.92 Å². The fourth-order valence-electron chi connectivity index (χ4n) is 2.28. The average Bonchev–Trinajstić information content (AvgIpc) is 2.24. The molecule has 1 saturated carbocycles. The van der Waals surface area contributed by atoms with E-state index in [0.717, 1.165) is 0 Å². The summed E-state index contributed by atoms with van der Waals surface area (Å²) in [6.45, 7) is 3.74. The maximum Gasteiger partial charge on any atom is 0.153 e. The number of halogens is 1. The van der Waals surface area contributed by atoms with Crippen LogP contribution in [0.5, 0.6) is 0 Å². The first-order valence-corrected chi connectivity index (χ1v) is 5.90. The molecule has 2 aliphatic rings. The number of hydrogen-bond donors (Lipinski definition) is 0. The maximum atomic E-state index is 11.3. The molecule has 0 aromatic rings. The Morgan fingerprint density at radius 2 is 2.09 bits per heavy atom. The molecule has 2 rings (SSSR count). The van der Waals surface area contributed by atoms with Crippen molar-refractivity contribution in [1.29, 1.82) is 0 Å². The second-order valence-corrected chi connectivity index (χ2v) is 6.77. The van der Waals surface area contributed by atoms with E-state index in [-0.39, 0.29) is 22.0 Å². The summed E-state index contributed by atoms with van der Waals surface area (Å²) in [7, 11) is -2.80. The van der Waals surface area contributed by atoms with Crippen molar-refractivity contribution in [2.75, 3.05) is 5.75 Å². The molecule has 2 nitrogen and oxygen atoms in total. The highest BCUT2D eigenvalue weighted by Crippen LogP contribution is 2.64. The van der Waals surface area contributed by atoms with Crippen LogP contribution in [-0.4, -0.2) is 24.8 Å². The lowest BCUT2D eigenvalue weighted by Crippen LogP contribution is -2.20. The van der Waals surface area contributed by atoms with Gasteiger partial charge in [-0.3, -0.25) is 0 Å². The predicted octanol–water partition coefficient (Wildman–Crippen LogP) is 1.05. The van der Waals surface area contributed by atoms with E-state index < -0.39 is 9.84 Å². The Balaban J connectivity index is 2.38. The summed E-state index contributed by atoms with van der Waals surface area (Å²) < 4.78 is 22.6. The Morgan fingerprint density at radius 3 is 2.36 bits per heavy atom. The van der Waals surface area contributed by atoms with Crippen LogP contribution in [0.3, 0.4) is 0 Å². The summed E-state index contributed by atoms with van der Waals surface area (Å²) in [5.74, 6) is 0.508. The Labute approximate surface area is 71.8 Å². The van der Waals surface area contributed by atoms with Crippen LogP contribution in [0.2, 0.25) is 0 Å². The van der Waals surface area contributed by atoms with Crippen molar-refractivity contribution < 1.29 is 8.42 Å². The summed E-state index contributed by atoms with van der Waals surface area (Å²) in [5, 5.41) is -0.115. The van der Waals surface area contributed by atoms with Gasteiger partial charge in [0.1, 0.15) is 0 Å². The zero-order valence-electron chi connectivity index (χ0n) is 6.54. The number of fused-ring (bicyclic) bond motifs is 1. The van der Waals surface area contributed by atoms with Gasteiger partial charge < -0.3 is 0 Å². The normalized spacial score (nSPS) is 59.0. The Kier molecular flexibility index (Phi) is 1.26. The van der Waals surface area contributed by atoms with Gasteiger partial charge in [-0.1, -0.05) is 6.92 Å². The highest BCUT2D eigenvalue weighted by atomic mass is 35.5. The van der Waals surface area contributed by atoms with Gasteiger partial charge in [0.25, 0.3) is 0 Å². The van der Waals surface area contributed by atoms with Crippen LogP contribution in [0, 0.1) is 11.3 Å². The largest absolute Gasteiger partial charge is 0.229 e. The van der Waals surface area contributed by atoms with Gasteiger partial charge in [0.2, 0.25) is 0 Å². The lowest BCUT2D eigenvalue weighted by molar-refractivity contribution is 0.584.